The van der Waals surface area contributed by atoms with Crippen molar-refractivity contribution in [3.63, 3.8) is 0 Å². The highest BCUT2D eigenvalue weighted by Crippen LogP contribution is 2.22. The smallest absolute Gasteiger partial charge is 0.271 e. The normalized spacial score (nSPS) is 16.1. The van der Waals surface area contributed by atoms with Crippen LogP contribution in [-0.4, -0.2) is 14.5 Å². The van der Waals surface area contributed by atoms with E-state index in [0.717, 1.165) is 18.9 Å². The Morgan fingerprint density at radius 2 is 2.06 bits per heavy atom. The van der Waals surface area contributed by atoms with Crippen molar-refractivity contribution in [2.24, 2.45) is 0 Å². The lowest BCUT2D eigenvalue weighted by molar-refractivity contribution is 0.586. The van der Waals surface area contributed by atoms with Crippen molar-refractivity contribution in [1.29, 1.82) is 0 Å². The third-order valence-corrected chi connectivity index (χ3v) is 3.86. The van der Waals surface area contributed by atoms with Gasteiger partial charge in [-0.3, -0.25) is 4.72 Å². The number of rotatable bonds is 4. The zero-order valence-electron chi connectivity index (χ0n) is 8.20. The summed E-state index contributed by atoms with van der Waals surface area (Å²) in [7, 11) is -3.58. The fourth-order valence-electron chi connectivity index (χ4n) is 1.16. The van der Waals surface area contributed by atoms with Gasteiger partial charge in [0.15, 0.2) is 0 Å². The second-order valence-corrected chi connectivity index (χ2v) is 5.93. The third kappa shape index (κ3) is 3.16. The average molecular weight is 309 g/mol. The first-order valence-corrected chi connectivity index (χ1v) is 6.99. The maximum atomic E-state index is 13.1. The van der Waals surface area contributed by atoms with Gasteiger partial charge in [-0.15, -0.1) is 0 Å². The Morgan fingerprint density at radius 3 is 2.62 bits per heavy atom. The van der Waals surface area contributed by atoms with Gasteiger partial charge in [0.25, 0.3) is 10.2 Å². The van der Waals surface area contributed by atoms with E-state index in [4.69, 9.17) is 0 Å². The van der Waals surface area contributed by atoms with Crippen LogP contribution in [0.4, 0.5) is 10.1 Å². The van der Waals surface area contributed by atoms with Gasteiger partial charge < -0.3 is 0 Å². The van der Waals surface area contributed by atoms with Crippen molar-refractivity contribution in [3.05, 3.63) is 28.5 Å². The molecule has 0 atom stereocenters. The second-order valence-electron chi connectivity index (χ2n) is 3.63. The van der Waals surface area contributed by atoms with Gasteiger partial charge in [-0.2, -0.15) is 13.1 Å². The number of benzene rings is 1. The van der Waals surface area contributed by atoms with Crippen molar-refractivity contribution < 1.29 is 12.8 Å². The second kappa shape index (κ2) is 4.31. The van der Waals surface area contributed by atoms with E-state index in [1.807, 2.05) is 0 Å². The Balaban J connectivity index is 2.10. The number of halogens is 2. The number of anilines is 1. The van der Waals surface area contributed by atoms with E-state index >= 15 is 0 Å². The summed E-state index contributed by atoms with van der Waals surface area (Å²) in [5, 5.41) is 0. The molecule has 2 N–H and O–H groups in total. The fourth-order valence-corrected chi connectivity index (χ4v) is 2.58. The SMILES string of the molecule is O=S(=O)(Nc1ccc(Br)c(F)c1)NC1CC1. The summed E-state index contributed by atoms with van der Waals surface area (Å²) in [6.07, 6.45) is 1.71. The first-order valence-electron chi connectivity index (χ1n) is 4.71. The third-order valence-electron chi connectivity index (χ3n) is 2.07. The monoisotopic (exact) mass is 308 g/mol. The first-order chi connectivity index (χ1) is 7.46. The molecule has 0 heterocycles. The molecule has 0 spiro atoms. The van der Waals surface area contributed by atoms with E-state index in [1.54, 1.807) is 0 Å². The van der Waals surface area contributed by atoms with Gasteiger partial charge in [-0.05, 0) is 47.0 Å². The molecular formula is C9H10BrFN2O2S. The van der Waals surface area contributed by atoms with Crippen molar-refractivity contribution >= 4 is 31.8 Å². The van der Waals surface area contributed by atoms with Gasteiger partial charge in [0.05, 0.1) is 10.2 Å². The largest absolute Gasteiger partial charge is 0.299 e. The van der Waals surface area contributed by atoms with Crippen LogP contribution in [0.1, 0.15) is 12.8 Å². The molecule has 1 aliphatic rings. The van der Waals surface area contributed by atoms with Crippen LogP contribution in [0.15, 0.2) is 22.7 Å². The van der Waals surface area contributed by atoms with Gasteiger partial charge >= 0.3 is 0 Å². The van der Waals surface area contributed by atoms with Gasteiger partial charge in [-0.1, -0.05) is 0 Å². The van der Waals surface area contributed by atoms with E-state index < -0.39 is 16.0 Å². The Morgan fingerprint density at radius 1 is 1.38 bits per heavy atom. The van der Waals surface area contributed by atoms with Crippen LogP contribution >= 0.6 is 15.9 Å². The Labute approximate surface area is 102 Å². The summed E-state index contributed by atoms with van der Waals surface area (Å²) in [6.45, 7) is 0. The number of hydrogen-bond acceptors (Lipinski definition) is 2. The van der Waals surface area contributed by atoms with Gasteiger partial charge in [-0.25, -0.2) is 4.39 Å². The quantitative estimate of drug-likeness (QED) is 0.894. The van der Waals surface area contributed by atoms with Crippen molar-refractivity contribution in [3.8, 4) is 0 Å². The summed E-state index contributed by atoms with van der Waals surface area (Å²) in [4.78, 5) is 0. The molecule has 4 nitrogen and oxygen atoms in total. The predicted molar refractivity (Wildman–Crippen MR) is 62.8 cm³/mol. The lowest BCUT2D eigenvalue weighted by Gasteiger charge is -2.08. The molecule has 1 aromatic carbocycles. The molecule has 1 aliphatic carbocycles. The molecule has 0 bridgehead atoms. The molecule has 1 saturated carbocycles. The highest BCUT2D eigenvalue weighted by Gasteiger charge is 2.26. The van der Waals surface area contributed by atoms with Crippen molar-refractivity contribution in [1.82, 2.24) is 4.72 Å². The van der Waals surface area contributed by atoms with Crippen LogP contribution < -0.4 is 9.44 Å². The molecule has 1 aromatic rings. The maximum absolute atomic E-state index is 13.1. The summed E-state index contributed by atoms with van der Waals surface area (Å²) in [6, 6.07) is 4.08. The summed E-state index contributed by atoms with van der Waals surface area (Å²) in [5.74, 6) is -0.508. The van der Waals surface area contributed by atoms with E-state index in [9.17, 15) is 12.8 Å². The van der Waals surface area contributed by atoms with Gasteiger partial charge in [0, 0.05) is 6.04 Å². The molecule has 0 aromatic heterocycles. The number of nitrogens with one attached hydrogen (secondary N) is 2. The molecule has 2 rings (SSSR count). The Bertz CT molecular complexity index is 502. The van der Waals surface area contributed by atoms with E-state index in [0.29, 0.717) is 4.47 Å². The van der Waals surface area contributed by atoms with Crippen LogP contribution in [0.25, 0.3) is 0 Å². The molecule has 0 radical (unpaired) electrons. The van der Waals surface area contributed by atoms with Crippen molar-refractivity contribution in [2.45, 2.75) is 18.9 Å². The Hall–Kier alpha value is -0.660. The van der Waals surface area contributed by atoms with E-state index in [1.165, 1.54) is 12.1 Å². The van der Waals surface area contributed by atoms with Crippen LogP contribution in [0.2, 0.25) is 0 Å². The molecule has 88 valence electrons. The molecule has 0 unspecified atom stereocenters. The average Bonchev–Trinajstić information content (AvgIpc) is 2.94. The molecule has 0 aliphatic heterocycles. The minimum absolute atomic E-state index is 0.0257. The minimum Gasteiger partial charge on any atom is -0.271 e. The standard InChI is InChI=1S/C9H10BrFN2O2S/c10-8-4-3-7(5-9(8)11)13-16(14,15)12-6-1-2-6/h3-6,12-13H,1-2H2. The Kier molecular flexibility index (Phi) is 3.18. The summed E-state index contributed by atoms with van der Waals surface area (Å²) >= 11 is 2.99. The maximum Gasteiger partial charge on any atom is 0.299 e. The van der Waals surface area contributed by atoms with Gasteiger partial charge in [0.2, 0.25) is 0 Å². The lowest BCUT2D eigenvalue weighted by atomic mass is 10.3. The molecule has 16 heavy (non-hydrogen) atoms. The molecular weight excluding hydrogens is 299 g/mol. The van der Waals surface area contributed by atoms with Crippen LogP contribution in [-0.2, 0) is 10.2 Å². The van der Waals surface area contributed by atoms with Crippen LogP contribution in [0.5, 0.6) is 0 Å². The van der Waals surface area contributed by atoms with Crippen LogP contribution in [0, 0.1) is 5.82 Å². The van der Waals surface area contributed by atoms with Gasteiger partial charge in [0.1, 0.15) is 5.82 Å². The zero-order chi connectivity index (χ0) is 11.8. The zero-order valence-corrected chi connectivity index (χ0v) is 10.6. The first kappa shape index (κ1) is 11.8. The summed E-state index contributed by atoms with van der Waals surface area (Å²) < 4.78 is 41.1. The predicted octanol–water partition coefficient (Wildman–Crippen LogP) is 2.00. The van der Waals surface area contributed by atoms with Crippen LogP contribution in [0.3, 0.4) is 0 Å². The van der Waals surface area contributed by atoms with E-state index in [-0.39, 0.29) is 11.7 Å². The number of hydrogen-bond donors (Lipinski definition) is 2. The summed E-state index contributed by atoms with van der Waals surface area (Å²) in [5.41, 5.74) is 0.203. The molecule has 1 fully saturated rings. The molecule has 0 saturated heterocycles. The van der Waals surface area contributed by atoms with Crippen molar-refractivity contribution in [2.75, 3.05) is 4.72 Å². The fraction of sp³-hybridized carbons (Fsp3) is 0.333. The minimum atomic E-state index is -3.58. The molecule has 7 heteroatoms. The highest BCUT2D eigenvalue weighted by atomic mass is 79.9. The molecule has 0 amide bonds. The van der Waals surface area contributed by atoms with E-state index in [2.05, 4.69) is 25.4 Å². The highest BCUT2D eigenvalue weighted by molar-refractivity contribution is 9.10. The topological polar surface area (TPSA) is 58.2 Å². The lowest BCUT2D eigenvalue weighted by Crippen LogP contribution is -2.31.